The average molecular weight is 336 g/mol. The Kier molecular flexibility index (Phi) is 6.61. The highest BCUT2D eigenvalue weighted by molar-refractivity contribution is 6.75. The van der Waals surface area contributed by atoms with E-state index in [1.807, 2.05) is 27.7 Å². The van der Waals surface area contributed by atoms with Crippen LogP contribution in [-0.4, -0.2) is 13.1 Å². The van der Waals surface area contributed by atoms with Crippen molar-refractivity contribution in [2.45, 2.75) is 64.1 Å². The molecule has 0 atom stereocenters. The maximum atomic E-state index is 13.5. The van der Waals surface area contributed by atoms with Crippen molar-refractivity contribution in [1.82, 2.24) is 0 Å². The van der Waals surface area contributed by atoms with Crippen LogP contribution in [0.5, 0.6) is 0 Å². The second-order valence-electron chi connectivity index (χ2n) is 6.47. The van der Waals surface area contributed by atoms with Crippen molar-refractivity contribution in [2.24, 2.45) is 0 Å². The fourth-order valence-corrected chi connectivity index (χ4v) is 6.08. The summed E-state index contributed by atoms with van der Waals surface area (Å²) in [6, 6.07) is 1.37. The van der Waals surface area contributed by atoms with Gasteiger partial charge in [-0.3, -0.25) is 0 Å². The molecule has 6 heteroatoms. The van der Waals surface area contributed by atoms with Crippen molar-refractivity contribution < 1.29 is 22.4 Å². The molecule has 0 radical (unpaired) electrons. The Bertz CT molecular complexity index is 509. The van der Waals surface area contributed by atoms with E-state index < -0.39 is 31.6 Å². The highest BCUT2D eigenvalue weighted by Gasteiger charge is 2.37. The second-order valence-corrected chi connectivity index (χ2v) is 11.3. The first-order chi connectivity index (χ1) is 10.1. The third kappa shape index (κ3) is 4.10. The molecule has 0 spiro atoms. The van der Waals surface area contributed by atoms with Gasteiger partial charge >= 0.3 is 0 Å². The summed E-state index contributed by atoms with van der Waals surface area (Å²) < 4.78 is 52.7. The molecule has 0 saturated carbocycles. The normalized spacial score (nSPS) is 12.5. The van der Waals surface area contributed by atoms with Crippen LogP contribution >= 0.6 is 0 Å². The molecule has 0 aliphatic heterocycles. The Balaban J connectivity index is 2.66. The fraction of sp³-hybridized carbons (Fsp3) is 0.625. The molecule has 1 nitrogen and oxygen atoms in total. The predicted octanol–water partition coefficient (Wildman–Crippen LogP) is 5.32. The number of aryl methyl sites for hydroxylation is 1. The van der Waals surface area contributed by atoms with Gasteiger partial charge in [0.1, 0.15) is 0 Å². The first kappa shape index (κ1) is 19.2. The van der Waals surface area contributed by atoms with Crippen LogP contribution < -0.4 is 0 Å². The molecule has 0 aromatic heterocycles. The molecule has 22 heavy (non-hydrogen) atoms. The molecular formula is C16H24F4OSi. The largest absolute Gasteiger partial charge is 0.431 e. The number of unbranched alkanes of at least 4 members (excludes halogenated alkanes) is 1. The molecule has 0 heterocycles. The predicted molar refractivity (Wildman–Crippen MR) is 82.2 cm³/mol. The second kappa shape index (κ2) is 7.59. The Labute approximate surface area is 130 Å². The van der Waals surface area contributed by atoms with Gasteiger partial charge in [0.05, 0.1) is 0 Å². The molecule has 0 amide bonds. The molecule has 0 fully saturated rings. The SMILES string of the molecule is CC(C)[Si](O)(CCCCc1cc(F)c(F)c(F)c1F)C(C)C. The van der Waals surface area contributed by atoms with Gasteiger partial charge in [-0.15, -0.1) is 0 Å². The summed E-state index contributed by atoms with van der Waals surface area (Å²) >= 11 is 0. The van der Waals surface area contributed by atoms with Crippen LogP contribution in [0.25, 0.3) is 0 Å². The highest BCUT2D eigenvalue weighted by atomic mass is 28.4. The lowest BCUT2D eigenvalue weighted by atomic mass is 10.1. The van der Waals surface area contributed by atoms with Crippen molar-refractivity contribution in [1.29, 1.82) is 0 Å². The maximum Gasteiger partial charge on any atom is 0.197 e. The van der Waals surface area contributed by atoms with Gasteiger partial charge in [-0.2, -0.15) is 0 Å². The lowest BCUT2D eigenvalue weighted by molar-refractivity contribution is 0.403. The van der Waals surface area contributed by atoms with E-state index in [9.17, 15) is 22.4 Å². The summed E-state index contributed by atoms with van der Waals surface area (Å²) in [4.78, 5) is 10.7. The molecule has 0 saturated heterocycles. The van der Waals surface area contributed by atoms with E-state index in [1.54, 1.807) is 0 Å². The molecule has 0 unspecified atom stereocenters. The molecular weight excluding hydrogens is 312 g/mol. The van der Waals surface area contributed by atoms with Crippen molar-refractivity contribution in [2.75, 3.05) is 0 Å². The number of hydrogen-bond donors (Lipinski definition) is 1. The third-order valence-electron chi connectivity index (χ3n) is 4.45. The van der Waals surface area contributed by atoms with Crippen molar-refractivity contribution >= 4 is 8.32 Å². The first-order valence-electron chi connectivity index (χ1n) is 7.65. The van der Waals surface area contributed by atoms with Gasteiger partial charge in [0, 0.05) is 0 Å². The summed E-state index contributed by atoms with van der Waals surface area (Å²) in [6.07, 6.45) is 1.27. The molecule has 0 bridgehead atoms. The van der Waals surface area contributed by atoms with Crippen LogP contribution in [0.1, 0.15) is 46.1 Å². The molecule has 1 aromatic rings. The molecule has 126 valence electrons. The van der Waals surface area contributed by atoms with Gasteiger partial charge in [0.25, 0.3) is 0 Å². The standard InChI is InChI=1S/C16H24F4OSi/c1-10(2)22(21,11(3)4)8-6-5-7-12-9-13(17)15(19)16(20)14(12)18/h9-11,21H,5-8H2,1-4H3. The lowest BCUT2D eigenvalue weighted by Crippen LogP contribution is -2.41. The smallest absolute Gasteiger partial charge is 0.197 e. The van der Waals surface area contributed by atoms with Crippen molar-refractivity contribution in [3.8, 4) is 0 Å². The monoisotopic (exact) mass is 336 g/mol. The van der Waals surface area contributed by atoms with Gasteiger partial charge in [-0.05, 0) is 41.6 Å². The Hall–Kier alpha value is -0.883. The molecule has 1 aromatic carbocycles. The van der Waals surface area contributed by atoms with Crippen molar-refractivity contribution in [3.05, 3.63) is 34.9 Å². The molecule has 1 N–H and O–H groups in total. The van der Waals surface area contributed by atoms with E-state index in [4.69, 9.17) is 0 Å². The lowest BCUT2D eigenvalue weighted by Gasteiger charge is -2.33. The quantitative estimate of drug-likeness (QED) is 0.235. The van der Waals surface area contributed by atoms with Gasteiger partial charge in [-0.1, -0.05) is 34.1 Å². The maximum absolute atomic E-state index is 13.5. The first-order valence-corrected chi connectivity index (χ1v) is 9.96. The minimum atomic E-state index is -2.39. The summed E-state index contributed by atoms with van der Waals surface area (Å²) in [5.74, 6) is -6.23. The van der Waals surface area contributed by atoms with Gasteiger partial charge < -0.3 is 4.80 Å². The van der Waals surface area contributed by atoms with Crippen LogP contribution in [0.15, 0.2) is 6.07 Å². The van der Waals surface area contributed by atoms with E-state index in [0.717, 1.165) is 0 Å². The number of benzene rings is 1. The minimum absolute atomic E-state index is 0.126. The van der Waals surface area contributed by atoms with Crippen molar-refractivity contribution in [3.63, 3.8) is 0 Å². The fourth-order valence-electron chi connectivity index (χ4n) is 2.77. The van der Waals surface area contributed by atoms with Gasteiger partial charge in [0.15, 0.2) is 31.6 Å². The number of hydrogen-bond acceptors (Lipinski definition) is 1. The summed E-state index contributed by atoms with van der Waals surface area (Å²) in [5.41, 5.74) is 0.269. The number of halogens is 4. The summed E-state index contributed by atoms with van der Waals surface area (Å²) in [5, 5.41) is 0. The number of rotatable bonds is 7. The minimum Gasteiger partial charge on any atom is -0.431 e. The van der Waals surface area contributed by atoms with Crippen LogP contribution in [0.4, 0.5) is 17.6 Å². The van der Waals surface area contributed by atoms with Crippen LogP contribution in [-0.2, 0) is 6.42 Å². The Morgan fingerprint density at radius 3 is 1.95 bits per heavy atom. The molecule has 1 rings (SSSR count). The van der Waals surface area contributed by atoms with E-state index >= 15 is 0 Å². The van der Waals surface area contributed by atoms with E-state index in [-0.39, 0.29) is 23.1 Å². The van der Waals surface area contributed by atoms with E-state index in [2.05, 4.69) is 0 Å². The van der Waals surface area contributed by atoms with Crippen LogP contribution in [0, 0.1) is 23.3 Å². The zero-order valence-corrected chi connectivity index (χ0v) is 14.5. The molecule has 0 aliphatic carbocycles. The Morgan fingerprint density at radius 2 is 1.45 bits per heavy atom. The van der Waals surface area contributed by atoms with Crippen LogP contribution in [0.3, 0.4) is 0 Å². The van der Waals surface area contributed by atoms with Gasteiger partial charge in [-0.25, -0.2) is 17.6 Å². The summed E-state index contributed by atoms with van der Waals surface area (Å²) in [7, 11) is -2.39. The average Bonchev–Trinajstić information content (AvgIpc) is 2.45. The van der Waals surface area contributed by atoms with E-state index in [1.165, 1.54) is 0 Å². The molecule has 0 aliphatic rings. The van der Waals surface area contributed by atoms with Gasteiger partial charge in [0.2, 0.25) is 0 Å². The summed E-state index contributed by atoms with van der Waals surface area (Å²) in [6.45, 7) is 7.99. The zero-order chi connectivity index (χ0) is 17.1. The third-order valence-corrected chi connectivity index (χ3v) is 9.60. The highest BCUT2D eigenvalue weighted by Crippen LogP contribution is 2.34. The van der Waals surface area contributed by atoms with Crippen LogP contribution in [0.2, 0.25) is 17.1 Å². The Morgan fingerprint density at radius 1 is 0.909 bits per heavy atom. The van der Waals surface area contributed by atoms with E-state index in [0.29, 0.717) is 25.0 Å². The topological polar surface area (TPSA) is 20.2 Å². The zero-order valence-electron chi connectivity index (χ0n) is 13.5.